The van der Waals surface area contributed by atoms with Crippen LogP contribution in [0.2, 0.25) is 0 Å². The summed E-state index contributed by atoms with van der Waals surface area (Å²) < 4.78 is 0. The predicted molar refractivity (Wildman–Crippen MR) is 142 cm³/mol. The van der Waals surface area contributed by atoms with Gasteiger partial charge < -0.3 is 16.4 Å². The van der Waals surface area contributed by atoms with Gasteiger partial charge in [0.15, 0.2) is 5.78 Å². The molecule has 4 N–H and O–H groups in total. The summed E-state index contributed by atoms with van der Waals surface area (Å²) in [5.74, 6) is 0.485. The van der Waals surface area contributed by atoms with Gasteiger partial charge in [-0.15, -0.1) is 0 Å². The highest BCUT2D eigenvalue weighted by Crippen LogP contribution is 2.20. The van der Waals surface area contributed by atoms with Crippen molar-refractivity contribution >= 4 is 28.3 Å². The van der Waals surface area contributed by atoms with Crippen LogP contribution in [-0.4, -0.2) is 60.3 Å². The fourth-order valence-electron chi connectivity index (χ4n) is 4.50. The van der Waals surface area contributed by atoms with E-state index in [-0.39, 0.29) is 31.7 Å². The summed E-state index contributed by atoms with van der Waals surface area (Å²) in [7, 11) is 0. The van der Waals surface area contributed by atoms with E-state index in [1.807, 2.05) is 42.5 Å². The SMILES string of the molecule is C.Nc1nccc2cc(CCC(=O)CNC(=O)C(CCc3ccccc3)N3CCNCC3)ccc12. The maximum Gasteiger partial charge on any atom is 0.237 e. The number of aromatic nitrogens is 1. The molecule has 35 heavy (non-hydrogen) atoms. The lowest BCUT2D eigenvalue weighted by Crippen LogP contribution is -2.54. The summed E-state index contributed by atoms with van der Waals surface area (Å²) in [6, 6.07) is 17.9. The first-order valence-electron chi connectivity index (χ1n) is 12.0. The van der Waals surface area contributed by atoms with Crippen LogP contribution in [-0.2, 0) is 22.4 Å². The van der Waals surface area contributed by atoms with Crippen molar-refractivity contribution in [2.75, 3.05) is 38.5 Å². The fourth-order valence-corrected chi connectivity index (χ4v) is 4.50. The second-order valence-electron chi connectivity index (χ2n) is 8.83. The number of nitrogens with one attached hydrogen (secondary N) is 2. The number of carbonyl (C=O) groups excluding carboxylic acids is 2. The highest BCUT2D eigenvalue weighted by Gasteiger charge is 2.27. The number of benzene rings is 2. The first-order chi connectivity index (χ1) is 16.6. The molecule has 1 saturated heterocycles. The molecule has 2 heterocycles. The predicted octanol–water partition coefficient (Wildman–Crippen LogP) is 2.98. The highest BCUT2D eigenvalue weighted by molar-refractivity contribution is 5.91. The zero-order valence-electron chi connectivity index (χ0n) is 19.5. The Balaban J connectivity index is 0.00000342. The maximum atomic E-state index is 13.1. The molecule has 1 atom stereocenters. The number of ketones is 1. The van der Waals surface area contributed by atoms with E-state index < -0.39 is 0 Å². The van der Waals surface area contributed by atoms with E-state index in [0.29, 0.717) is 18.7 Å². The van der Waals surface area contributed by atoms with Crippen LogP contribution in [0.1, 0.15) is 31.4 Å². The molecular weight excluding hydrogens is 438 g/mol. The van der Waals surface area contributed by atoms with Crippen LogP contribution in [0.25, 0.3) is 10.8 Å². The number of Topliss-reactive ketones (excluding diaryl/α,β-unsaturated/α-hetero) is 1. The molecule has 1 unspecified atom stereocenters. The van der Waals surface area contributed by atoms with Crippen LogP contribution in [0.5, 0.6) is 0 Å². The number of nitrogens with two attached hydrogens (primary N) is 1. The zero-order chi connectivity index (χ0) is 23.8. The molecule has 1 amide bonds. The number of hydrogen-bond donors (Lipinski definition) is 3. The molecule has 1 aliphatic heterocycles. The number of rotatable bonds is 10. The number of aryl methyl sites for hydroxylation is 2. The van der Waals surface area contributed by atoms with Gasteiger partial charge in [-0.05, 0) is 41.8 Å². The van der Waals surface area contributed by atoms with Crippen molar-refractivity contribution < 1.29 is 9.59 Å². The number of hydrogen-bond acceptors (Lipinski definition) is 6. The Labute approximate surface area is 208 Å². The number of amides is 1. The van der Waals surface area contributed by atoms with Crippen molar-refractivity contribution in [2.24, 2.45) is 0 Å². The highest BCUT2D eigenvalue weighted by atomic mass is 16.2. The molecular formula is C28H37N5O2. The van der Waals surface area contributed by atoms with E-state index in [0.717, 1.165) is 55.4 Å². The Morgan fingerprint density at radius 2 is 1.80 bits per heavy atom. The lowest BCUT2D eigenvalue weighted by atomic mass is 10.0. The van der Waals surface area contributed by atoms with Crippen LogP contribution in [0.3, 0.4) is 0 Å². The first-order valence-corrected chi connectivity index (χ1v) is 12.0. The number of pyridine rings is 1. The maximum absolute atomic E-state index is 13.1. The number of anilines is 1. The summed E-state index contributed by atoms with van der Waals surface area (Å²) in [6.45, 7) is 3.49. The van der Waals surface area contributed by atoms with E-state index in [1.165, 1.54) is 5.56 Å². The monoisotopic (exact) mass is 475 g/mol. The van der Waals surface area contributed by atoms with E-state index in [2.05, 4.69) is 32.7 Å². The van der Waals surface area contributed by atoms with Gasteiger partial charge in [-0.3, -0.25) is 14.5 Å². The average molecular weight is 476 g/mol. The number of carbonyl (C=O) groups is 2. The molecule has 1 aromatic heterocycles. The van der Waals surface area contributed by atoms with Gasteiger partial charge in [-0.25, -0.2) is 4.98 Å². The Bertz CT molecular complexity index is 1110. The van der Waals surface area contributed by atoms with Crippen LogP contribution >= 0.6 is 0 Å². The van der Waals surface area contributed by atoms with Gasteiger partial charge >= 0.3 is 0 Å². The summed E-state index contributed by atoms with van der Waals surface area (Å²) in [6.07, 6.45) is 4.27. The molecule has 7 nitrogen and oxygen atoms in total. The van der Waals surface area contributed by atoms with Crippen molar-refractivity contribution in [1.82, 2.24) is 20.5 Å². The summed E-state index contributed by atoms with van der Waals surface area (Å²) in [4.78, 5) is 32.0. The molecule has 2 aromatic carbocycles. The standard InChI is InChI=1S/C27H33N5O2.CH4/c28-26-24-10-7-21(18-22(24)12-13-30-26)6-9-23(33)19-31-27(34)25(32-16-14-29-15-17-32)11-8-20-4-2-1-3-5-20;/h1-5,7,10,12-13,18,25,29H,6,8-9,11,14-17,19H2,(H2,28,30)(H,31,34);1H4. The van der Waals surface area contributed by atoms with Gasteiger partial charge in [-0.2, -0.15) is 0 Å². The lowest BCUT2D eigenvalue weighted by Gasteiger charge is -2.34. The Hall–Kier alpha value is -3.29. The third-order valence-electron chi connectivity index (χ3n) is 6.46. The minimum atomic E-state index is -0.227. The Morgan fingerprint density at radius 1 is 1.03 bits per heavy atom. The molecule has 0 aliphatic carbocycles. The molecule has 4 rings (SSSR count). The largest absolute Gasteiger partial charge is 0.383 e. The van der Waals surface area contributed by atoms with Crippen LogP contribution in [0.4, 0.5) is 5.82 Å². The molecule has 7 heteroatoms. The van der Waals surface area contributed by atoms with Gasteiger partial charge in [0.25, 0.3) is 0 Å². The number of nitrogen functional groups attached to an aromatic ring is 1. The van der Waals surface area contributed by atoms with E-state index in [4.69, 9.17) is 5.73 Å². The second kappa shape index (κ2) is 13.0. The molecule has 0 spiro atoms. The number of fused-ring (bicyclic) bond motifs is 1. The summed E-state index contributed by atoms with van der Waals surface area (Å²) >= 11 is 0. The summed E-state index contributed by atoms with van der Waals surface area (Å²) in [5.41, 5.74) is 8.21. The molecule has 1 fully saturated rings. The van der Waals surface area contributed by atoms with Crippen molar-refractivity contribution in [3.63, 3.8) is 0 Å². The minimum absolute atomic E-state index is 0. The molecule has 0 radical (unpaired) electrons. The van der Waals surface area contributed by atoms with Gasteiger partial charge in [0, 0.05) is 44.2 Å². The Kier molecular flexibility index (Phi) is 9.76. The van der Waals surface area contributed by atoms with Crippen LogP contribution < -0.4 is 16.4 Å². The number of piperazine rings is 1. The van der Waals surface area contributed by atoms with Crippen molar-refractivity contribution in [1.29, 1.82) is 0 Å². The zero-order valence-corrected chi connectivity index (χ0v) is 19.5. The van der Waals surface area contributed by atoms with Gasteiger partial charge in [0.05, 0.1) is 12.6 Å². The van der Waals surface area contributed by atoms with Gasteiger partial charge in [-0.1, -0.05) is 56.0 Å². The van der Waals surface area contributed by atoms with Crippen molar-refractivity contribution in [2.45, 2.75) is 39.2 Å². The molecule has 3 aromatic rings. The third-order valence-corrected chi connectivity index (χ3v) is 6.46. The average Bonchev–Trinajstić information content (AvgIpc) is 2.87. The first kappa shape index (κ1) is 26.3. The second-order valence-corrected chi connectivity index (χ2v) is 8.83. The smallest absolute Gasteiger partial charge is 0.237 e. The molecule has 0 bridgehead atoms. The fraction of sp³-hybridized carbons (Fsp3) is 0.393. The molecule has 1 aliphatic rings. The lowest BCUT2D eigenvalue weighted by molar-refractivity contribution is -0.129. The van der Waals surface area contributed by atoms with Crippen molar-refractivity contribution in [3.05, 3.63) is 71.9 Å². The van der Waals surface area contributed by atoms with Crippen molar-refractivity contribution in [3.8, 4) is 0 Å². The van der Waals surface area contributed by atoms with E-state index >= 15 is 0 Å². The quantitative estimate of drug-likeness (QED) is 0.417. The van der Waals surface area contributed by atoms with Crippen LogP contribution in [0, 0.1) is 0 Å². The summed E-state index contributed by atoms with van der Waals surface area (Å²) in [5, 5.41) is 8.19. The third kappa shape index (κ3) is 7.34. The van der Waals surface area contributed by atoms with E-state index in [1.54, 1.807) is 6.20 Å². The van der Waals surface area contributed by atoms with Gasteiger partial charge in [0.2, 0.25) is 5.91 Å². The van der Waals surface area contributed by atoms with Gasteiger partial charge in [0.1, 0.15) is 5.82 Å². The molecule has 186 valence electrons. The molecule has 0 saturated carbocycles. The normalized spacial score (nSPS) is 14.7. The van der Waals surface area contributed by atoms with Crippen LogP contribution in [0.15, 0.2) is 60.8 Å². The van der Waals surface area contributed by atoms with E-state index in [9.17, 15) is 9.59 Å². The Morgan fingerprint density at radius 3 is 2.57 bits per heavy atom. The number of nitrogens with zero attached hydrogens (tertiary/aromatic N) is 2. The minimum Gasteiger partial charge on any atom is -0.383 e. The topological polar surface area (TPSA) is 100 Å².